The van der Waals surface area contributed by atoms with Gasteiger partial charge in [0.15, 0.2) is 0 Å². The zero-order chi connectivity index (χ0) is 24.4. The number of ether oxygens (including phenoxy) is 1. The minimum atomic E-state index is -1.56. The van der Waals surface area contributed by atoms with Crippen molar-refractivity contribution in [2.24, 2.45) is 5.73 Å². The van der Waals surface area contributed by atoms with Crippen molar-refractivity contribution >= 4 is 41.4 Å². The summed E-state index contributed by atoms with van der Waals surface area (Å²) in [5.41, 5.74) is 7.85. The predicted octanol–water partition coefficient (Wildman–Crippen LogP) is -0.324. The second-order valence-corrected chi connectivity index (χ2v) is 7.60. The van der Waals surface area contributed by atoms with Crippen LogP contribution in [0.5, 0.6) is 6.01 Å². The van der Waals surface area contributed by atoms with Crippen molar-refractivity contribution in [2.75, 3.05) is 31.4 Å². The van der Waals surface area contributed by atoms with Crippen molar-refractivity contribution in [3.63, 3.8) is 0 Å². The third kappa shape index (κ3) is 4.47. The van der Waals surface area contributed by atoms with E-state index in [1.54, 1.807) is 60.0 Å². The smallest absolute Gasteiger partial charge is 0.468 e. The first-order valence-corrected chi connectivity index (χ1v) is 10.3. The van der Waals surface area contributed by atoms with E-state index in [2.05, 4.69) is 25.3 Å². The van der Waals surface area contributed by atoms with E-state index in [0.29, 0.717) is 29.0 Å². The highest BCUT2D eigenvalue weighted by Crippen LogP contribution is 2.27. The van der Waals surface area contributed by atoms with Crippen LogP contribution in [-0.4, -0.2) is 68.8 Å². The lowest BCUT2D eigenvalue weighted by Gasteiger charge is -2.15. The van der Waals surface area contributed by atoms with Crippen molar-refractivity contribution in [1.29, 1.82) is 0 Å². The van der Waals surface area contributed by atoms with E-state index in [1.165, 1.54) is 7.11 Å². The van der Waals surface area contributed by atoms with E-state index >= 15 is 0 Å². The molecule has 0 unspecified atom stereocenters. The van der Waals surface area contributed by atoms with Crippen LogP contribution >= 0.6 is 0 Å². The maximum Gasteiger partial charge on any atom is 0.488 e. The van der Waals surface area contributed by atoms with E-state index in [0.717, 1.165) is 5.56 Å². The fourth-order valence-corrected chi connectivity index (χ4v) is 3.38. The molecule has 12 nitrogen and oxygen atoms in total. The molecule has 1 amide bonds. The second-order valence-electron chi connectivity index (χ2n) is 7.60. The van der Waals surface area contributed by atoms with Gasteiger partial charge < -0.3 is 30.7 Å². The fourth-order valence-electron chi connectivity index (χ4n) is 3.38. The van der Waals surface area contributed by atoms with Gasteiger partial charge in [-0.3, -0.25) is 4.79 Å². The number of imidazole rings is 1. The number of amides is 1. The number of nitrogens with one attached hydrogen (secondary N) is 1. The molecule has 2 aromatic heterocycles. The lowest BCUT2D eigenvalue weighted by atomic mass is 9.80. The Bertz CT molecular complexity index is 1360. The topological polar surface area (TPSA) is 165 Å². The number of methoxy groups -OCH3 is 1. The number of carbonyl (C=O) groups is 1. The monoisotopic (exact) mass is 462 g/mol. The van der Waals surface area contributed by atoms with Crippen molar-refractivity contribution in [3.8, 4) is 12.0 Å². The summed E-state index contributed by atoms with van der Waals surface area (Å²) in [5, 5.41) is 22.0. The minimum Gasteiger partial charge on any atom is -0.468 e. The van der Waals surface area contributed by atoms with Crippen LogP contribution in [0.3, 0.4) is 0 Å². The van der Waals surface area contributed by atoms with Crippen molar-refractivity contribution in [2.45, 2.75) is 6.54 Å². The molecule has 0 bridgehead atoms. The molecule has 174 valence electrons. The molecule has 34 heavy (non-hydrogen) atoms. The van der Waals surface area contributed by atoms with E-state index in [-0.39, 0.29) is 23.5 Å². The lowest BCUT2D eigenvalue weighted by Crippen LogP contribution is -2.30. The summed E-state index contributed by atoms with van der Waals surface area (Å²) in [6, 6.07) is 12.1. The first-order valence-electron chi connectivity index (χ1n) is 10.3. The number of aromatic nitrogens is 5. The number of para-hydroxylation sites is 1. The molecule has 0 spiro atoms. The van der Waals surface area contributed by atoms with Crippen LogP contribution < -0.4 is 26.2 Å². The minimum absolute atomic E-state index is 0.176. The van der Waals surface area contributed by atoms with Crippen LogP contribution in [0.1, 0.15) is 15.9 Å². The zero-order valence-corrected chi connectivity index (χ0v) is 18.8. The summed E-state index contributed by atoms with van der Waals surface area (Å²) in [6.45, 7) is 0.324. The predicted molar refractivity (Wildman–Crippen MR) is 127 cm³/mol. The van der Waals surface area contributed by atoms with Crippen LogP contribution in [0.15, 0.2) is 42.5 Å². The second kappa shape index (κ2) is 9.33. The van der Waals surface area contributed by atoms with Crippen molar-refractivity contribution in [1.82, 2.24) is 24.5 Å². The number of rotatable bonds is 8. The first-order chi connectivity index (χ1) is 16.3. The number of carbonyl (C=O) groups excluding carboxylic acids is 1. The molecule has 13 heteroatoms. The molecular weight excluding hydrogens is 439 g/mol. The van der Waals surface area contributed by atoms with E-state index < -0.39 is 13.0 Å². The molecule has 0 aliphatic heterocycles. The van der Waals surface area contributed by atoms with Crippen molar-refractivity contribution in [3.05, 3.63) is 53.6 Å². The average molecular weight is 462 g/mol. The van der Waals surface area contributed by atoms with Gasteiger partial charge in [-0.2, -0.15) is 19.9 Å². The van der Waals surface area contributed by atoms with E-state index in [1.807, 2.05) is 6.07 Å². The highest BCUT2D eigenvalue weighted by molar-refractivity contribution is 6.58. The number of nitrogens with zero attached hydrogens (tertiary/aromatic N) is 6. The molecule has 0 radical (unpaired) electrons. The normalized spacial score (nSPS) is 10.9. The molecule has 4 rings (SSSR count). The van der Waals surface area contributed by atoms with Gasteiger partial charge >= 0.3 is 13.1 Å². The largest absolute Gasteiger partial charge is 0.488 e. The van der Waals surface area contributed by atoms with Gasteiger partial charge in [-0.05, 0) is 23.2 Å². The Hall–Kier alpha value is -4.23. The molecule has 0 fully saturated rings. The first kappa shape index (κ1) is 23.0. The van der Waals surface area contributed by atoms with Crippen LogP contribution in [0.2, 0.25) is 0 Å². The molecule has 0 aliphatic carbocycles. The summed E-state index contributed by atoms with van der Waals surface area (Å²) in [6.07, 6.45) is 0. The molecule has 0 saturated heterocycles. The molecule has 0 aliphatic rings. The zero-order valence-electron chi connectivity index (χ0n) is 18.8. The van der Waals surface area contributed by atoms with Gasteiger partial charge in [0.2, 0.25) is 17.8 Å². The number of hydrogen-bond donors (Lipinski definition) is 4. The van der Waals surface area contributed by atoms with E-state index in [9.17, 15) is 14.8 Å². The molecule has 0 saturated carbocycles. The van der Waals surface area contributed by atoms with Gasteiger partial charge in [0.1, 0.15) is 5.52 Å². The molecule has 0 atom stereocenters. The Morgan fingerprint density at radius 3 is 2.59 bits per heavy atom. The van der Waals surface area contributed by atoms with Gasteiger partial charge in [-0.15, -0.1) is 0 Å². The van der Waals surface area contributed by atoms with Gasteiger partial charge in [0.05, 0.1) is 18.2 Å². The third-order valence-corrected chi connectivity index (χ3v) is 5.01. The summed E-state index contributed by atoms with van der Waals surface area (Å²) in [4.78, 5) is 31.5. The molecule has 2 heterocycles. The Morgan fingerprint density at radius 2 is 1.91 bits per heavy atom. The standard InChI is InChI=1S/C21H23BN8O4/c1-29(2)19-26-18(24-11-12-6-4-7-13(10-12)22(32)33)27-20(28-19)30-15-9-5-8-14(17(23)31)16(15)25-21(30)34-3/h4-10,32-33H,11H2,1-3H3,(H2,23,31)(H,24,26,27,28). The summed E-state index contributed by atoms with van der Waals surface area (Å²) in [5.74, 6) is 0.266. The van der Waals surface area contributed by atoms with E-state index in [4.69, 9.17) is 10.5 Å². The van der Waals surface area contributed by atoms with Crippen LogP contribution in [0.4, 0.5) is 11.9 Å². The molecule has 5 N–H and O–H groups in total. The number of nitrogens with two attached hydrogens (primary N) is 1. The summed E-state index contributed by atoms with van der Waals surface area (Å²) >= 11 is 0. The van der Waals surface area contributed by atoms with Gasteiger partial charge in [-0.25, -0.2) is 4.57 Å². The summed E-state index contributed by atoms with van der Waals surface area (Å²) < 4.78 is 7.02. The Kier molecular flexibility index (Phi) is 6.30. The van der Waals surface area contributed by atoms with Gasteiger partial charge in [-0.1, -0.05) is 30.3 Å². The number of primary amides is 1. The number of hydrogen-bond acceptors (Lipinski definition) is 10. The Labute approximate surface area is 195 Å². The maximum atomic E-state index is 11.9. The van der Waals surface area contributed by atoms with Crippen LogP contribution in [0, 0.1) is 0 Å². The highest BCUT2D eigenvalue weighted by Gasteiger charge is 2.21. The molecular formula is C21H23BN8O4. The maximum absolute atomic E-state index is 11.9. The number of fused-ring (bicyclic) bond motifs is 1. The average Bonchev–Trinajstić information content (AvgIpc) is 3.21. The Morgan fingerprint density at radius 1 is 1.15 bits per heavy atom. The SMILES string of the molecule is COc1nc2c(C(N)=O)cccc2n1-c1nc(NCc2cccc(B(O)O)c2)nc(N(C)C)n1. The number of anilines is 2. The van der Waals surface area contributed by atoms with Crippen molar-refractivity contribution < 1.29 is 19.6 Å². The fraction of sp³-hybridized carbons (Fsp3) is 0.190. The van der Waals surface area contributed by atoms with Crippen LogP contribution in [0.25, 0.3) is 17.0 Å². The third-order valence-electron chi connectivity index (χ3n) is 5.01. The quantitative estimate of drug-likeness (QED) is 0.255. The molecule has 4 aromatic rings. The highest BCUT2D eigenvalue weighted by atomic mass is 16.5. The number of benzene rings is 2. The van der Waals surface area contributed by atoms with Crippen LogP contribution in [-0.2, 0) is 6.54 Å². The lowest BCUT2D eigenvalue weighted by molar-refractivity contribution is 0.100. The Balaban J connectivity index is 1.78. The molecule has 2 aromatic carbocycles. The summed E-state index contributed by atoms with van der Waals surface area (Å²) in [7, 11) is 3.49. The van der Waals surface area contributed by atoms with Gasteiger partial charge in [0, 0.05) is 20.6 Å². The van der Waals surface area contributed by atoms with Gasteiger partial charge in [0.25, 0.3) is 5.91 Å².